The second-order valence-corrected chi connectivity index (χ2v) is 6.43. The van der Waals surface area contributed by atoms with Crippen LogP contribution in [-0.2, 0) is 6.61 Å². The normalized spacial score (nSPS) is 10.6. The van der Waals surface area contributed by atoms with Gasteiger partial charge in [0.25, 0.3) is 0 Å². The van der Waals surface area contributed by atoms with Crippen molar-refractivity contribution in [2.45, 2.75) is 6.61 Å². The molecule has 4 rings (SSSR count). The van der Waals surface area contributed by atoms with Crippen LogP contribution >= 0.6 is 11.6 Å². The van der Waals surface area contributed by atoms with Crippen molar-refractivity contribution < 1.29 is 9.53 Å². The smallest absolute Gasteiger partial charge is 0.194 e. The number of para-hydroxylation sites is 1. The third kappa shape index (κ3) is 3.92. The van der Waals surface area contributed by atoms with Crippen LogP contribution in [0.25, 0.3) is 5.69 Å². The van der Waals surface area contributed by atoms with Gasteiger partial charge in [0.1, 0.15) is 12.4 Å². The first-order chi connectivity index (χ1) is 13.7. The van der Waals surface area contributed by atoms with E-state index >= 15 is 0 Å². The zero-order valence-electron chi connectivity index (χ0n) is 14.7. The Kier molecular flexibility index (Phi) is 5.12. The number of carbonyl (C=O) groups is 1. The highest BCUT2D eigenvalue weighted by atomic mass is 35.5. The van der Waals surface area contributed by atoms with Gasteiger partial charge in [-0.05, 0) is 71.1 Å². The Balaban J connectivity index is 1.44. The van der Waals surface area contributed by atoms with Crippen molar-refractivity contribution in [3.8, 4) is 11.4 Å². The third-order valence-corrected chi connectivity index (χ3v) is 4.38. The molecule has 0 aliphatic rings. The molecule has 0 aliphatic heterocycles. The summed E-state index contributed by atoms with van der Waals surface area (Å²) in [4.78, 5) is 12.5. The SMILES string of the molecule is O=C(c1ccc(Cl)cc1)c1ccc(OCc2nnnn2-c2ccccc2)cc1. The van der Waals surface area contributed by atoms with Crippen molar-refractivity contribution in [2.24, 2.45) is 0 Å². The maximum Gasteiger partial charge on any atom is 0.194 e. The minimum Gasteiger partial charge on any atom is -0.486 e. The molecule has 3 aromatic carbocycles. The van der Waals surface area contributed by atoms with Crippen LogP contribution in [-0.4, -0.2) is 26.0 Å². The van der Waals surface area contributed by atoms with Crippen LogP contribution in [0.1, 0.15) is 21.7 Å². The number of halogens is 1. The lowest BCUT2D eigenvalue weighted by Gasteiger charge is -2.08. The molecule has 0 unspecified atom stereocenters. The molecule has 1 heterocycles. The standard InChI is InChI=1S/C21H15ClN4O2/c22-17-10-6-15(7-11-17)21(27)16-8-12-19(13-9-16)28-14-20-23-24-25-26(20)18-4-2-1-3-5-18/h1-13H,14H2. The number of nitrogens with zero attached hydrogens (tertiary/aromatic N) is 4. The van der Waals surface area contributed by atoms with Gasteiger partial charge in [-0.2, -0.15) is 4.68 Å². The summed E-state index contributed by atoms with van der Waals surface area (Å²) in [6.45, 7) is 0.201. The van der Waals surface area contributed by atoms with Crippen LogP contribution in [0.4, 0.5) is 0 Å². The lowest BCUT2D eigenvalue weighted by atomic mass is 10.0. The van der Waals surface area contributed by atoms with Gasteiger partial charge in [-0.1, -0.05) is 29.8 Å². The van der Waals surface area contributed by atoms with Gasteiger partial charge in [-0.25, -0.2) is 0 Å². The lowest BCUT2D eigenvalue weighted by molar-refractivity contribution is 0.103. The molecule has 0 N–H and O–H groups in total. The summed E-state index contributed by atoms with van der Waals surface area (Å²) in [7, 11) is 0. The van der Waals surface area contributed by atoms with Gasteiger partial charge in [0.15, 0.2) is 11.6 Å². The molecule has 0 fully saturated rings. The maximum atomic E-state index is 12.5. The summed E-state index contributed by atoms with van der Waals surface area (Å²) in [5.41, 5.74) is 2.01. The van der Waals surface area contributed by atoms with Crippen LogP contribution in [0.2, 0.25) is 5.02 Å². The molecular weight excluding hydrogens is 376 g/mol. The number of ketones is 1. The first-order valence-corrected chi connectivity index (χ1v) is 8.94. The van der Waals surface area contributed by atoms with Crippen molar-refractivity contribution in [3.05, 3.63) is 101 Å². The molecule has 0 spiro atoms. The Morgan fingerprint density at radius 2 is 1.54 bits per heavy atom. The monoisotopic (exact) mass is 390 g/mol. The largest absolute Gasteiger partial charge is 0.486 e. The summed E-state index contributed by atoms with van der Waals surface area (Å²) >= 11 is 5.87. The van der Waals surface area contributed by atoms with Gasteiger partial charge < -0.3 is 4.74 Å². The highest BCUT2D eigenvalue weighted by molar-refractivity contribution is 6.30. The van der Waals surface area contributed by atoms with E-state index in [4.69, 9.17) is 16.3 Å². The summed E-state index contributed by atoms with van der Waals surface area (Å²) in [6.07, 6.45) is 0. The molecule has 0 atom stereocenters. The van der Waals surface area contributed by atoms with Gasteiger partial charge in [0, 0.05) is 16.1 Å². The molecule has 0 bridgehead atoms. The number of tetrazole rings is 1. The van der Waals surface area contributed by atoms with E-state index in [-0.39, 0.29) is 12.4 Å². The van der Waals surface area contributed by atoms with E-state index in [2.05, 4.69) is 15.5 Å². The summed E-state index contributed by atoms with van der Waals surface area (Å²) in [5.74, 6) is 1.12. The van der Waals surface area contributed by atoms with Crippen molar-refractivity contribution in [2.75, 3.05) is 0 Å². The van der Waals surface area contributed by atoms with E-state index in [1.807, 2.05) is 30.3 Å². The Labute approximate surface area is 166 Å². The van der Waals surface area contributed by atoms with Gasteiger partial charge >= 0.3 is 0 Å². The van der Waals surface area contributed by atoms with Crippen LogP contribution in [0, 0.1) is 0 Å². The zero-order valence-corrected chi connectivity index (χ0v) is 15.5. The number of ether oxygens (including phenoxy) is 1. The molecule has 0 saturated carbocycles. The fourth-order valence-corrected chi connectivity index (χ4v) is 2.81. The topological polar surface area (TPSA) is 69.9 Å². The summed E-state index contributed by atoms with van der Waals surface area (Å²) in [6, 6.07) is 23.4. The maximum absolute atomic E-state index is 12.5. The van der Waals surface area contributed by atoms with E-state index < -0.39 is 0 Å². The van der Waals surface area contributed by atoms with E-state index in [0.717, 1.165) is 5.69 Å². The molecule has 0 radical (unpaired) electrons. The van der Waals surface area contributed by atoms with E-state index in [1.54, 1.807) is 53.2 Å². The minimum atomic E-state index is -0.0729. The predicted molar refractivity (Wildman–Crippen MR) is 105 cm³/mol. The van der Waals surface area contributed by atoms with E-state index in [0.29, 0.717) is 27.7 Å². The van der Waals surface area contributed by atoms with Crippen molar-refractivity contribution in [3.63, 3.8) is 0 Å². The van der Waals surface area contributed by atoms with Crippen molar-refractivity contribution >= 4 is 17.4 Å². The molecule has 138 valence electrons. The summed E-state index contributed by atoms with van der Waals surface area (Å²) < 4.78 is 7.40. The highest BCUT2D eigenvalue weighted by Gasteiger charge is 2.11. The molecule has 0 amide bonds. The molecule has 0 saturated heterocycles. The van der Waals surface area contributed by atoms with Crippen LogP contribution in [0.3, 0.4) is 0 Å². The van der Waals surface area contributed by atoms with Gasteiger partial charge in [0.05, 0.1) is 5.69 Å². The number of rotatable bonds is 6. The van der Waals surface area contributed by atoms with Crippen LogP contribution in [0.5, 0.6) is 5.75 Å². The Morgan fingerprint density at radius 1 is 0.893 bits per heavy atom. The van der Waals surface area contributed by atoms with Crippen molar-refractivity contribution in [1.29, 1.82) is 0 Å². The molecule has 28 heavy (non-hydrogen) atoms. The molecular formula is C21H15ClN4O2. The number of hydrogen-bond acceptors (Lipinski definition) is 5. The first kappa shape index (κ1) is 17.9. The zero-order chi connectivity index (χ0) is 19.3. The number of aromatic nitrogens is 4. The Bertz CT molecular complexity index is 1080. The lowest BCUT2D eigenvalue weighted by Crippen LogP contribution is -2.07. The number of benzene rings is 3. The third-order valence-electron chi connectivity index (χ3n) is 4.13. The van der Waals surface area contributed by atoms with Gasteiger partial charge in [-0.3, -0.25) is 4.79 Å². The molecule has 6 nitrogen and oxygen atoms in total. The molecule has 7 heteroatoms. The van der Waals surface area contributed by atoms with Crippen molar-refractivity contribution in [1.82, 2.24) is 20.2 Å². The first-order valence-electron chi connectivity index (χ1n) is 8.56. The average Bonchev–Trinajstić information content (AvgIpc) is 3.22. The van der Waals surface area contributed by atoms with Crippen LogP contribution < -0.4 is 4.74 Å². The predicted octanol–water partition coefficient (Wildman–Crippen LogP) is 4.13. The molecule has 1 aromatic heterocycles. The fraction of sp³-hybridized carbons (Fsp3) is 0.0476. The Morgan fingerprint density at radius 3 is 2.21 bits per heavy atom. The minimum absolute atomic E-state index is 0.0729. The van der Waals surface area contributed by atoms with Gasteiger partial charge in [-0.15, -0.1) is 5.10 Å². The van der Waals surface area contributed by atoms with Gasteiger partial charge in [0.2, 0.25) is 0 Å². The highest BCUT2D eigenvalue weighted by Crippen LogP contribution is 2.18. The average molecular weight is 391 g/mol. The molecule has 4 aromatic rings. The van der Waals surface area contributed by atoms with E-state index in [1.165, 1.54) is 0 Å². The number of carbonyl (C=O) groups excluding carboxylic acids is 1. The second kappa shape index (κ2) is 8.02. The summed E-state index contributed by atoms with van der Waals surface area (Å²) in [5, 5.41) is 12.3. The quantitative estimate of drug-likeness (QED) is 0.463. The van der Waals surface area contributed by atoms with E-state index in [9.17, 15) is 4.79 Å². The fourth-order valence-electron chi connectivity index (χ4n) is 2.68. The Hall–Kier alpha value is -3.51. The second-order valence-electron chi connectivity index (χ2n) is 5.99. The van der Waals surface area contributed by atoms with Crippen LogP contribution in [0.15, 0.2) is 78.9 Å². The molecule has 0 aliphatic carbocycles. The number of hydrogen-bond donors (Lipinski definition) is 0.